The second-order valence-electron chi connectivity index (χ2n) is 5.30. The number of alkyl halides is 3. The Hall–Kier alpha value is -2.26. The van der Waals surface area contributed by atoms with E-state index in [2.05, 4.69) is 15.7 Å². The number of hydrogen-bond acceptors (Lipinski definition) is 4. The molecule has 0 aliphatic carbocycles. The van der Waals surface area contributed by atoms with Gasteiger partial charge in [0.2, 0.25) is 5.91 Å². The van der Waals surface area contributed by atoms with Crippen LogP contribution in [0.4, 0.5) is 13.2 Å². The monoisotopic (exact) mass is 392 g/mol. The molecule has 26 heavy (non-hydrogen) atoms. The lowest BCUT2D eigenvalue weighted by Gasteiger charge is -2.16. The Morgan fingerprint density at radius 1 is 1.35 bits per heavy atom. The third-order valence-electron chi connectivity index (χ3n) is 3.46. The number of carbonyl (C=O) groups excluding carboxylic acids is 1. The van der Waals surface area contributed by atoms with Crippen molar-refractivity contribution in [2.45, 2.75) is 12.2 Å². The standard InChI is InChI=1S/C16H19F3N4O2.ClH/c1-20-14(11-9-22-23(2)10-11)15(24)21-7-8-25-13-6-4-3-5-12(13)16(17,18)19;/h3-6,9-10,14,20H,7-8H2,1-2H3,(H,21,24);1H. The summed E-state index contributed by atoms with van der Waals surface area (Å²) < 4.78 is 45.3. The third-order valence-corrected chi connectivity index (χ3v) is 3.46. The number of amides is 1. The van der Waals surface area contributed by atoms with E-state index in [1.54, 1.807) is 31.2 Å². The maximum absolute atomic E-state index is 12.9. The van der Waals surface area contributed by atoms with Gasteiger partial charge >= 0.3 is 6.18 Å². The molecule has 1 atom stereocenters. The first-order valence-electron chi connectivity index (χ1n) is 7.55. The number of nitrogens with zero attached hydrogens (tertiary/aromatic N) is 2. The van der Waals surface area contributed by atoms with Gasteiger partial charge in [-0.1, -0.05) is 12.1 Å². The van der Waals surface area contributed by atoms with E-state index in [4.69, 9.17) is 4.74 Å². The zero-order valence-electron chi connectivity index (χ0n) is 14.2. The molecule has 0 bridgehead atoms. The molecule has 1 amide bonds. The molecule has 1 unspecified atom stereocenters. The van der Waals surface area contributed by atoms with Crippen molar-refractivity contribution < 1.29 is 22.7 Å². The highest BCUT2D eigenvalue weighted by Crippen LogP contribution is 2.35. The first-order chi connectivity index (χ1) is 11.8. The van der Waals surface area contributed by atoms with Crippen LogP contribution in [0.5, 0.6) is 5.75 Å². The van der Waals surface area contributed by atoms with E-state index in [9.17, 15) is 18.0 Å². The second-order valence-corrected chi connectivity index (χ2v) is 5.30. The number of carbonyl (C=O) groups is 1. The Kier molecular flexibility index (Phi) is 7.91. The summed E-state index contributed by atoms with van der Waals surface area (Å²) in [5, 5.41) is 9.49. The smallest absolute Gasteiger partial charge is 0.419 e. The zero-order chi connectivity index (χ0) is 18.4. The molecule has 1 aromatic heterocycles. The molecule has 6 nitrogen and oxygen atoms in total. The molecule has 0 saturated carbocycles. The minimum absolute atomic E-state index is 0. The fraction of sp³-hybridized carbons (Fsp3) is 0.375. The van der Waals surface area contributed by atoms with Crippen LogP contribution in [0.15, 0.2) is 36.7 Å². The van der Waals surface area contributed by atoms with Crippen LogP contribution in [-0.2, 0) is 18.0 Å². The minimum Gasteiger partial charge on any atom is -0.491 e. The molecule has 0 fully saturated rings. The molecule has 1 heterocycles. The third kappa shape index (κ3) is 5.63. The van der Waals surface area contributed by atoms with Crippen LogP contribution in [-0.4, -0.2) is 35.9 Å². The van der Waals surface area contributed by atoms with Gasteiger partial charge in [0.15, 0.2) is 0 Å². The second kappa shape index (κ2) is 9.44. The largest absolute Gasteiger partial charge is 0.491 e. The molecule has 0 aliphatic heterocycles. The number of nitrogens with one attached hydrogen (secondary N) is 2. The van der Waals surface area contributed by atoms with Gasteiger partial charge in [0.25, 0.3) is 0 Å². The highest BCUT2D eigenvalue weighted by atomic mass is 35.5. The fourth-order valence-corrected chi connectivity index (χ4v) is 2.30. The van der Waals surface area contributed by atoms with Gasteiger partial charge in [-0.15, -0.1) is 12.4 Å². The van der Waals surface area contributed by atoms with E-state index in [0.717, 1.165) is 6.07 Å². The van der Waals surface area contributed by atoms with Crippen LogP contribution in [0.1, 0.15) is 17.2 Å². The van der Waals surface area contributed by atoms with Gasteiger partial charge in [-0.3, -0.25) is 9.48 Å². The Balaban J connectivity index is 0.00000338. The summed E-state index contributed by atoms with van der Waals surface area (Å²) in [6.45, 7) is -0.00816. The lowest BCUT2D eigenvalue weighted by Crippen LogP contribution is -2.37. The molecule has 0 saturated heterocycles. The number of para-hydroxylation sites is 1. The number of aryl methyl sites for hydroxylation is 1. The minimum atomic E-state index is -4.49. The van der Waals surface area contributed by atoms with Crippen molar-refractivity contribution in [3.05, 3.63) is 47.8 Å². The van der Waals surface area contributed by atoms with Crippen molar-refractivity contribution in [3.63, 3.8) is 0 Å². The van der Waals surface area contributed by atoms with E-state index in [-0.39, 0.29) is 37.2 Å². The number of likely N-dealkylation sites (N-methyl/N-ethyl adjacent to an activating group) is 1. The van der Waals surface area contributed by atoms with Crippen LogP contribution in [0.3, 0.4) is 0 Å². The quantitative estimate of drug-likeness (QED) is 0.710. The Morgan fingerprint density at radius 2 is 2.04 bits per heavy atom. The van der Waals surface area contributed by atoms with Gasteiger partial charge in [0.05, 0.1) is 18.3 Å². The van der Waals surface area contributed by atoms with Gasteiger partial charge in [-0.25, -0.2) is 0 Å². The van der Waals surface area contributed by atoms with E-state index < -0.39 is 17.8 Å². The van der Waals surface area contributed by atoms with Crippen molar-refractivity contribution >= 4 is 18.3 Å². The Morgan fingerprint density at radius 3 is 2.62 bits per heavy atom. The van der Waals surface area contributed by atoms with Crippen LogP contribution in [0, 0.1) is 0 Å². The van der Waals surface area contributed by atoms with Crippen LogP contribution in [0.2, 0.25) is 0 Å². The normalized spacial score (nSPS) is 12.2. The van der Waals surface area contributed by atoms with Crippen LogP contribution >= 0.6 is 12.4 Å². The number of rotatable bonds is 7. The summed E-state index contributed by atoms with van der Waals surface area (Å²) in [5.41, 5.74) is -0.157. The predicted molar refractivity (Wildman–Crippen MR) is 92.2 cm³/mol. The SMILES string of the molecule is CNC(C(=O)NCCOc1ccccc1C(F)(F)F)c1cnn(C)c1.Cl. The van der Waals surface area contributed by atoms with Crippen molar-refractivity contribution in [2.75, 3.05) is 20.2 Å². The van der Waals surface area contributed by atoms with Crippen molar-refractivity contribution in [3.8, 4) is 5.75 Å². The number of halogens is 4. The van der Waals surface area contributed by atoms with Crippen molar-refractivity contribution in [2.24, 2.45) is 7.05 Å². The number of benzene rings is 1. The molecule has 0 radical (unpaired) electrons. The fourth-order valence-electron chi connectivity index (χ4n) is 2.30. The molecular formula is C16H20ClF3N4O2. The van der Waals surface area contributed by atoms with E-state index >= 15 is 0 Å². The Labute approximate surface area is 155 Å². The highest BCUT2D eigenvalue weighted by molar-refractivity contribution is 5.85. The molecule has 2 aromatic rings. The number of ether oxygens (including phenoxy) is 1. The van der Waals surface area contributed by atoms with Gasteiger partial charge in [-0.2, -0.15) is 18.3 Å². The van der Waals surface area contributed by atoms with Crippen LogP contribution < -0.4 is 15.4 Å². The molecule has 0 aliphatic rings. The predicted octanol–water partition coefficient (Wildman–Crippen LogP) is 2.32. The molecule has 2 rings (SSSR count). The number of hydrogen-bond donors (Lipinski definition) is 2. The molecule has 2 N–H and O–H groups in total. The Bertz CT molecular complexity index is 722. The van der Waals surface area contributed by atoms with Gasteiger partial charge in [0, 0.05) is 18.8 Å². The lowest BCUT2D eigenvalue weighted by atomic mass is 10.1. The van der Waals surface area contributed by atoms with E-state index in [1.807, 2.05) is 0 Å². The number of aromatic nitrogens is 2. The summed E-state index contributed by atoms with van der Waals surface area (Å²) in [7, 11) is 3.37. The molecule has 0 spiro atoms. The van der Waals surface area contributed by atoms with Gasteiger partial charge < -0.3 is 15.4 Å². The molecule has 144 valence electrons. The molecule has 10 heteroatoms. The maximum Gasteiger partial charge on any atom is 0.419 e. The maximum atomic E-state index is 12.9. The molecular weight excluding hydrogens is 373 g/mol. The van der Waals surface area contributed by atoms with E-state index in [0.29, 0.717) is 5.56 Å². The first kappa shape index (κ1) is 21.8. The topological polar surface area (TPSA) is 68.2 Å². The first-order valence-corrected chi connectivity index (χ1v) is 7.55. The average Bonchev–Trinajstić information content (AvgIpc) is 2.98. The summed E-state index contributed by atoms with van der Waals surface area (Å²) >= 11 is 0. The average molecular weight is 393 g/mol. The van der Waals surface area contributed by atoms with Gasteiger partial charge in [0.1, 0.15) is 18.4 Å². The van der Waals surface area contributed by atoms with Gasteiger partial charge in [-0.05, 0) is 19.2 Å². The summed E-state index contributed by atoms with van der Waals surface area (Å²) in [6.07, 6.45) is -1.22. The summed E-state index contributed by atoms with van der Waals surface area (Å²) in [5.74, 6) is -0.579. The summed E-state index contributed by atoms with van der Waals surface area (Å²) in [4.78, 5) is 12.2. The van der Waals surface area contributed by atoms with Crippen LogP contribution in [0.25, 0.3) is 0 Å². The highest BCUT2D eigenvalue weighted by Gasteiger charge is 2.34. The van der Waals surface area contributed by atoms with E-state index in [1.165, 1.54) is 18.2 Å². The van der Waals surface area contributed by atoms with Crippen molar-refractivity contribution in [1.82, 2.24) is 20.4 Å². The summed E-state index contributed by atoms with van der Waals surface area (Å²) in [6, 6.07) is 4.35. The molecule has 1 aromatic carbocycles. The zero-order valence-corrected chi connectivity index (χ0v) is 15.0. The lowest BCUT2D eigenvalue weighted by molar-refractivity contribution is -0.139. The van der Waals surface area contributed by atoms with Crippen molar-refractivity contribution in [1.29, 1.82) is 0 Å².